The molecule has 3 heterocycles. The van der Waals surface area contributed by atoms with Crippen molar-refractivity contribution in [3.8, 4) is 0 Å². The number of likely N-dealkylation sites (tertiary alicyclic amines) is 3. The molecule has 0 aromatic heterocycles. The molecule has 0 aliphatic carbocycles. The average molecular weight is 609 g/mol. The largest absolute Gasteiger partial charge is 0.350 e. The molecule has 0 bridgehead atoms. The molecule has 4 amide bonds. The quantitative estimate of drug-likeness (QED) is 0.362. The summed E-state index contributed by atoms with van der Waals surface area (Å²) in [4.78, 5) is 59.4. The molecule has 0 spiro atoms. The zero-order valence-electron chi connectivity index (χ0n) is 28.9. The smallest absolute Gasteiger partial charge is 0.245 e. The average Bonchev–Trinajstić information content (AvgIpc) is 3.65. The van der Waals surface area contributed by atoms with Gasteiger partial charge in [-0.3, -0.25) is 24.1 Å². The molecule has 3 saturated heterocycles. The Labute approximate surface area is 262 Å². The van der Waals surface area contributed by atoms with Crippen molar-refractivity contribution in [1.29, 1.82) is 0 Å². The lowest BCUT2D eigenvalue weighted by Crippen LogP contribution is -2.55. The molecule has 3 aliphatic heterocycles. The summed E-state index contributed by atoms with van der Waals surface area (Å²) in [6.45, 7) is 20.5. The summed E-state index contributed by atoms with van der Waals surface area (Å²) < 4.78 is 0. The molecule has 0 saturated carbocycles. The molecular formula is C33H64N6O4. The molecule has 0 aromatic carbocycles. The van der Waals surface area contributed by atoms with E-state index in [9.17, 15) is 19.2 Å². The minimum Gasteiger partial charge on any atom is -0.350 e. The van der Waals surface area contributed by atoms with Gasteiger partial charge in [0.1, 0.15) is 6.04 Å². The Morgan fingerprint density at radius 3 is 1.91 bits per heavy atom. The van der Waals surface area contributed by atoms with Crippen molar-refractivity contribution < 1.29 is 19.2 Å². The molecule has 10 nitrogen and oxygen atoms in total. The fraction of sp³-hybridized carbons (Fsp3) is 0.879. The molecule has 3 atom stereocenters. The summed E-state index contributed by atoms with van der Waals surface area (Å²) in [7, 11) is 3.95. The molecule has 3 fully saturated rings. The van der Waals surface area contributed by atoms with Crippen LogP contribution < -0.4 is 5.32 Å². The third-order valence-corrected chi connectivity index (χ3v) is 8.54. The first-order chi connectivity index (χ1) is 20.4. The number of piperidine rings is 1. The summed E-state index contributed by atoms with van der Waals surface area (Å²) in [6.07, 6.45) is 8.08. The molecule has 10 heteroatoms. The van der Waals surface area contributed by atoms with Gasteiger partial charge in [-0.15, -0.1) is 0 Å². The summed E-state index contributed by atoms with van der Waals surface area (Å²) >= 11 is 0. The highest BCUT2D eigenvalue weighted by Crippen LogP contribution is 2.27. The molecule has 3 aliphatic rings. The van der Waals surface area contributed by atoms with Crippen LogP contribution in [0, 0.1) is 11.8 Å². The fourth-order valence-corrected chi connectivity index (χ4v) is 6.06. The minimum absolute atomic E-state index is 0.0332. The summed E-state index contributed by atoms with van der Waals surface area (Å²) in [5.41, 5.74) is 0. The maximum Gasteiger partial charge on any atom is 0.245 e. The van der Waals surface area contributed by atoms with Crippen molar-refractivity contribution in [1.82, 2.24) is 29.8 Å². The maximum atomic E-state index is 13.6. The lowest BCUT2D eigenvalue weighted by atomic mass is 10.0. The molecule has 1 N–H and O–H groups in total. The van der Waals surface area contributed by atoms with E-state index in [4.69, 9.17) is 0 Å². The fourth-order valence-electron chi connectivity index (χ4n) is 6.06. The van der Waals surface area contributed by atoms with E-state index in [-0.39, 0.29) is 48.3 Å². The van der Waals surface area contributed by atoms with E-state index in [2.05, 4.69) is 56.8 Å². The van der Waals surface area contributed by atoms with Crippen LogP contribution in [0.2, 0.25) is 0 Å². The highest BCUT2D eigenvalue weighted by Gasteiger charge is 2.42. The molecule has 0 radical (unpaired) electrons. The van der Waals surface area contributed by atoms with Crippen LogP contribution in [0.15, 0.2) is 0 Å². The van der Waals surface area contributed by atoms with Gasteiger partial charge in [0.2, 0.25) is 24.1 Å². The maximum absolute atomic E-state index is 13.6. The van der Waals surface area contributed by atoms with E-state index in [0.29, 0.717) is 32.6 Å². The van der Waals surface area contributed by atoms with Gasteiger partial charge in [0.05, 0.1) is 12.6 Å². The van der Waals surface area contributed by atoms with Crippen LogP contribution in [0.1, 0.15) is 93.4 Å². The third kappa shape index (κ3) is 13.1. The summed E-state index contributed by atoms with van der Waals surface area (Å²) in [5.74, 6) is 0.977. The predicted molar refractivity (Wildman–Crippen MR) is 175 cm³/mol. The first-order valence-corrected chi connectivity index (χ1v) is 16.8. The van der Waals surface area contributed by atoms with E-state index in [1.165, 1.54) is 32.4 Å². The van der Waals surface area contributed by atoms with E-state index in [1.807, 2.05) is 18.7 Å². The van der Waals surface area contributed by atoms with Gasteiger partial charge in [0.25, 0.3) is 0 Å². The number of carbonyl (C=O) groups excluding carboxylic acids is 4. The molecule has 1 unspecified atom stereocenters. The van der Waals surface area contributed by atoms with Crippen LogP contribution in [-0.2, 0) is 19.2 Å². The Morgan fingerprint density at radius 2 is 1.42 bits per heavy atom. The SMILES string of the molecule is CC(C)C.CCN(CC)C(=O)C1CCCN1C(=O)[C@@H]1CCCN1C[C@H](C(C)C)N(C)C(=O)CNC=O.CN1CCCCC1. The van der Waals surface area contributed by atoms with Crippen LogP contribution in [0.5, 0.6) is 0 Å². The van der Waals surface area contributed by atoms with Crippen molar-refractivity contribution >= 4 is 24.1 Å². The molecule has 0 aromatic rings. The minimum atomic E-state index is -0.357. The zero-order chi connectivity index (χ0) is 32.5. The number of nitrogens with one attached hydrogen (secondary N) is 1. The van der Waals surface area contributed by atoms with Gasteiger partial charge >= 0.3 is 0 Å². The Hall–Kier alpha value is -2.20. The Kier molecular flexibility index (Phi) is 18.7. The van der Waals surface area contributed by atoms with Crippen molar-refractivity contribution in [2.75, 3.05) is 66.5 Å². The Morgan fingerprint density at radius 1 is 0.860 bits per heavy atom. The topological polar surface area (TPSA) is 96.5 Å². The molecular weight excluding hydrogens is 544 g/mol. The number of amides is 4. The van der Waals surface area contributed by atoms with Crippen molar-refractivity contribution in [2.45, 2.75) is 112 Å². The van der Waals surface area contributed by atoms with Crippen LogP contribution >= 0.6 is 0 Å². The highest BCUT2D eigenvalue weighted by molar-refractivity contribution is 5.90. The van der Waals surface area contributed by atoms with Crippen molar-refractivity contribution in [3.63, 3.8) is 0 Å². The van der Waals surface area contributed by atoms with Crippen LogP contribution in [-0.4, -0.2) is 133 Å². The van der Waals surface area contributed by atoms with Gasteiger partial charge < -0.3 is 24.9 Å². The summed E-state index contributed by atoms with van der Waals surface area (Å²) in [5, 5.41) is 2.43. The lowest BCUT2D eigenvalue weighted by Gasteiger charge is -2.37. The third-order valence-electron chi connectivity index (χ3n) is 8.54. The van der Waals surface area contributed by atoms with Crippen molar-refractivity contribution in [3.05, 3.63) is 0 Å². The molecule has 43 heavy (non-hydrogen) atoms. The van der Waals surface area contributed by atoms with E-state index < -0.39 is 0 Å². The standard InChI is InChI=1S/C23H41N5O4.C6H13N.C4H10/c1-6-26(7-2)22(31)19-11-9-13-28(19)23(32)18-10-8-12-27(18)15-20(17(3)4)25(5)21(30)14-24-16-29;1-7-5-3-2-4-6-7;1-4(2)3/h16-20H,6-15H2,1-5H3,(H,24,29);2-6H2,1H3;4H,1-3H3/t18-,19?,20+;;/m0../s1. The second kappa shape index (κ2) is 20.7. The van der Waals surface area contributed by atoms with Gasteiger partial charge in [-0.1, -0.05) is 41.0 Å². The zero-order valence-corrected chi connectivity index (χ0v) is 28.9. The van der Waals surface area contributed by atoms with Gasteiger partial charge in [-0.05, 0) is 90.9 Å². The second-order valence-electron chi connectivity index (χ2n) is 13.3. The highest BCUT2D eigenvalue weighted by atomic mass is 16.2. The second-order valence-corrected chi connectivity index (χ2v) is 13.3. The normalized spacial score (nSPS) is 21.4. The molecule has 3 rings (SSSR count). The number of nitrogens with zero attached hydrogens (tertiary/aromatic N) is 5. The van der Waals surface area contributed by atoms with Crippen LogP contribution in [0.25, 0.3) is 0 Å². The number of hydrogen-bond acceptors (Lipinski definition) is 6. The lowest BCUT2D eigenvalue weighted by molar-refractivity contribution is -0.146. The van der Waals surface area contributed by atoms with Gasteiger partial charge in [-0.2, -0.15) is 0 Å². The molecule has 250 valence electrons. The van der Waals surface area contributed by atoms with E-state index in [1.54, 1.807) is 16.8 Å². The monoisotopic (exact) mass is 608 g/mol. The Balaban J connectivity index is 0.000000703. The first-order valence-electron chi connectivity index (χ1n) is 16.8. The van der Waals surface area contributed by atoms with Crippen LogP contribution in [0.3, 0.4) is 0 Å². The Bertz CT molecular complexity index is 825. The van der Waals surface area contributed by atoms with Gasteiger partial charge in [-0.25, -0.2) is 0 Å². The predicted octanol–water partition coefficient (Wildman–Crippen LogP) is 3.30. The summed E-state index contributed by atoms with van der Waals surface area (Å²) in [6, 6.07) is -0.682. The van der Waals surface area contributed by atoms with Crippen molar-refractivity contribution in [2.24, 2.45) is 11.8 Å². The van der Waals surface area contributed by atoms with Gasteiger partial charge in [0, 0.05) is 39.3 Å². The number of likely N-dealkylation sites (N-methyl/N-ethyl adjacent to an activating group) is 2. The van der Waals surface area contributed by atoms with Gasteiger partial charge in [0.15, 0.2) is 0 Å². The van der Waals surface area contributed by atoms with E-state index >= 15 is 0 Å². The van der Waals surface area contributed by atoms with Crippen LogP contribution in [0.4, 0.5) is 0 Å². The number of hydrogen-bond donors (Lipinski definition) is 1. The first kappa shape index (κ1) is 38.8. The number of rotatable bonds is 11. The number of carbonyl (C=O) groups is 4. The van der Waals surface area contributed by atoms with E-state index in [0.717, 1.165) is 38.1 Å².